The van der Waals surface area contributed by atoms with Crippen molar-refractivity contribution in [1.82, 2.24) is 0 Å². The lowest BCUT2D eigenvalue weighted by molar-refractivity contribution is -0.131. The molecule has 0 aliphatic heterocycles. The highest BCUT2D eigenvalue weighted by molar-refractivity contribution is 5.80. The average molecular weight is 156 g/mol. The summed E-state index contributed by atoms with van der Waals surface area (Å²) in [6.45, 7) is 3.34. The van der Waals surface area contributed by atoms with Crippen molar-refractivity contribution in [3.8, 4) is 6.07 Å². The van der Waals surface area contributed by atoms with E-state index in [0.29, 0.717) is 12.1 Å². The van der Waals surface area contributed by atoms with E-state index < -0.39 is 5.97 Å². The van der Waals surface area contributed by atoms with Gasteiger partial charge in [-0.3, -0.25) is 0 Å². The minimum absolute atomic E-state index is 0.313. The fourth-order valence-corrected chi connectivity index (χ4v) is 0.195. The molecule has 0 amide bonds. The Labute approximate surface area is 65.9 Å². The lowest BCUT2D eigenvalue weighted by Crippen LogP contribution is -1.96. The third kappa shape index (κ3) is 29.3. The van der Waals surface area contributed by atoms with Gasteiger partial charge in [0.05, 0.1) is 6.07 Å². The van der Waals surface area contributed by atoms with Crippen LogP contribution in [0, 0.1) is 11.3 Å². The number of nitrogens with zero attached hydrogens (tertiary/aromatic N) is 1. The first kappa shape index (κ1) is 12.2. The molecule has 0 aliphatic carbocycles. The number of hydrogen-bond acceptors (Lipinski definition) is 3. The van der Waals surface area contributed by atoms with Crippen LogP contribution in [0.2, 0.25) is 0 Å². The van der Waals surface area contributed by atoms with Crippen molar-refractivity contribution in [1.29, 1.82) is 5.26 Å². The summed E-state index contributed by atoms with van der Waals surface area (Å²) in [5, 5.41) is 15.6. The summed E-state index contributed by atoms with van der Waals surface area (Å²) in [5.74, 6) is -1.000. The van der Waals surface area contributed by atoms with E-state index in [-0.39, 0.29) is 0 Å². The van der Waals surface area contributed by atoms with Gasteiger partial charge >= 0.3 is 5.97 Å². The van der Waals surface area contributed by atoms with Crippen LogP contribution in [-0.2, 0) is 4.79 Å². The van der Waals surface area contributed by atoms with Gasteiger partial charge in [0.2, 0.25) is 0 Å². The van der Waals surface area contributed by atoms with Crippen LogP contribution in [0.3, 0.4) is 0 Å². The van der Waals surface area contributed by atoms with Crippen LogP contribution in [0.1, 0.15) is 20.3 Å². The third-order valence-corrected chi connectivity index (χ3v) is 0.509. The van der Waals surface area contributed by atoms with E-state index in [0.717, 1.165) is 6.08 Å². The van der Waals surface area contributed by atoms with Gasteiger partial charge in [-0.25, -0.2) is 4.79 Å². The minimum atomic E-state index is -1.000. The van der Waals surface area contributed by atoms with E-state index in [1.165, 1.54) is 6.92 Å². The number of carbonyl (C=O) groups is 1. The van der Waals surface area contributed by atoms with Crippen molar-refractivity contribution in [3.05, 3.63) is 11.8 Å². The molecule has 4 heteroatoms. The molecule has 0 atom stereocenters. The lowest BCUT2D eigenvalue weighted by atomic mass is 10.5. The van der Waals surface area contributed by atoms with Gasteiger partial charge in [0.15, 0.2) is 0 Å². The predicted octanol–water partition coefficient (Wildman–Crippen LogP) is 0.853. The minimum Gasteiger partial charge on any atom is -0.478 e. The Bertz CT molecular complexity index is 175. The van der Waals surface area contributed by atoms with Crippen LogP contribution in [0.15, 0.2) is 11.8 Å². The Balaban J connectivity index is 0. The molecule has 0 bridgehead atoms. The molecule has 11 heavy (non-hydrogen) atoms. The Morgan fingerprint density at radius 3 is 2.18 bits per heavy atom. The molecular formula is C7H12N2O2. The van der Waals surface area contributed by atoms with Crippen LogP contribution in [0.5, 0.6) is 0 Å². The fourth-order valence-electron chi connectivity index (χ4n) is 0.195. The second-order valence-corrected chi connectivity index (χ2v) is 1.74. The van der Waals surface area contributed by atoms with Crippen molar-refractivity contribution < 1.29 is 9.90 Å². The zero-order chi connectivity index (χ0) is 9.28. The Hall–Kier alpha value is -1.50. The molecule has 4 nitrogen and oxygen atoms in total. The number of carboxylic acid groups (broad SMARTS) is 1. The maximum atomic E-state index is 9.65. The Morgan fingerprint density at radius 1 is 1.82 bits per heavy atom. The molecule has 0 radical (unpaired) electrons. The van der Waals surface area contributed by atoms with Gasteiger partial charge in [-0.1, -0.05) is 6.92 Å². The van der Waals surface area contributed by atoms with E-state index in [4.69, 9.17) is 16.1 Å². The van der Waals surface area contributed by atoms with Crippen LogP contribution < -0.4 is 5.73 Å². The standard InChI is InChI=1S/C4H7NO2.C3H5N/c1-3(5)2-4(6)7;1-2-3-4/h2H,5H2,1H3,(H,6,7);2H2,1H3/b3-2-;. The molecule has 0 aromatic rings. The molecule has 0 spiro atoms. The number of rotatable bonds is 1. The number of carboxylic acids is 1. The van der Waals surface area contributed by atoms with Crippen molar-refractivity contribution in [2.75, 3.05) is 0 Å². The zero-order valence-corrected chi connectivity index (χ0v) is 6.66. The SMILES string of the molecule is C/C(N)=C/C(=O)O.CCC#N. The Kier molecular flexibility index (Phi) is 9.43. The molecule has 0 unspecified atom stereocenters. The fraction of sp³-hybridized carbons (Fsp3) is 0.429. The maximum Gasteiger partial charge on any atom is 0.330 e. The summed E-state index contributed by atoms with van der Waals surface area (Å²) in [6.07, 6.45) is 1.57. The molecule has 3 N–H and O–H groups in total. The average Bonchev–Trinajstić information content (AvgIpc) is 1.85. The predicted molar refractivity (Wildman–Crippen MR) is 41.5 cm³/mol. The van der Waals surface area contributed by atoms with E-state index in [9.17, 15) is 4.79 Å². The number of aliphatic carboxylic acids is 1. The zero-order valence-electron chi connectivity index (χ0n) is 6.66. The molecule has 0 aromatic heterocycles. The largest absolute Gasteiger partial charge is 0.478 e. The lowest BCUT2D eigenvalue weighted by Gasteiger charge is -1.81. The topological polar surface area (TPSA) is 87.1 Å². The van der Waals surface area contributed by atoms with Gasteiger partial charge in [0, 0.05) is 18.2 Å². The van der Waals surface area contributed by atoms with Crippen LogP contribution in [-0.4, -0.2) is 11.1 Å². The summed E-state index contributed by atoms with van der Waals surface area (Å²) in [7, 11) is 0. The highest BCUT2D eigenvalue weighted by atomic mass is 16.4. The first-order valence-electron chi connectivity index (χ1n) is 3.08. The summed E-state index contributed by atoms with van der Waals surface area (Å²) < 4.78 is 0. The number of hydrogen-bond donors (Lipinski definition) is 2. The van der Waals surface area contributed by atoms with Crippen LogP contribution in [0.4, 0.5) is 0 Å². The molecule has 62 valence electrons. The number of nitriles is 1. The van der Waals surface area contributed by atoms with E-state index >= 15 is 0 Å². The second-order valence-electron chi connectivity index (χ2n) is 1.74. The smallest absolute Gasteiger partial charge is 0.330 e. The monoisotopic (exact) mass is 156 g/mol. The Morgan fingerprint density at radius 2 is 2.18 bits per heavy atom. The molecular weight excluding hydrogens is 144 g/mol. The van der Waals surface area contributed by atoms with Crippen molar-refractivity contribution >= 4 is 5.97 Å². The van der Waals surface area contributed by atoms with Gasteiger partial charge in [-0.15, -0.1) is 0 Å². The summed E-state index contributed by atoms with van der Waals surface area (Å²) in [5.41, 5.74) is 5.29. The van der Waals surface area contributed by atoms with Gasteiger partial charge in [0.1, 0.15) is 0 Å². The van der Waals surface area contributed by atoms with Crippen molar-refractivity contribution in [2.24, 2.45) is 5.73 Å². The van der Waals surface area contributed by atoms with E-state index in [1.807, 2.05) is 13.0 Å². The van der Waals surface area contributed by atoms with E-state index in [1.54, 1.807) is 0 Å². The molecule has 0 saturated heterocycles. The molecule has 0 aromatic carbocycles. The van der Waals surface area contributed by atoms with Gasteiger partial charge in [-0.05, 0) is 6.92 Å². The highest BCUT2D eigenvalue weighted by Gasteiger charge is 1.84. The maximum absolute atomic E-state index is 9.65. The van der Waals surface area contributed by atoms with Crippen LogP contribution >= 0.6 is 0 Å². The van der Waals surface area contributed by atoms with Crippen molar-refractivity contribution in [2.45, 2.75) is 20.3 Å². The quantitative estimate of drug-likeness (QED) is 0.551. The normalized spacial score (nSPS) is 9.00. The number of nitrogens with two attached hydrogens (primary N) is 1. The van der Waals surface area contributed by atoms with Crippen molar-refractivity contribution in [3.63, 3.8) is 0 Å². The van der Waals surface area contributed by atoms with Gasteiger partial charge in [-0.2, -0.15) is 5.26 Å². The first-order valence-corrected chi connectivity index (χ1v) is 3.08. The van der Waals surface area contributed by atoms with Crippen LogP contribution in [0.25, 0.3) is 0 Å². The molecule has 0 heterocycles. The third-order valence-electron chi connectivity index (χ3n) is 0.509. The molecule has 0 rings (SSSR count). The van der Waals surface area contributed by atoms with Gasteiger partial charge in [0.25, 0.3) is 0 Å². The second kappa shape index (κ2) is 8.50. The first-order chi connectivity index (χ1) is 5.04. The number of allylic oxidation sites excluding steroid dienone is 1. The molecule has 0 aliphatic rings. The summed E-state index contributed by atoms with van der Waals surface area (Å²) in [4.78, 5) is 9.65. The summed E-state index contributed by atoms with van der Waals surface area (Å²) in [6, 6.07) is 1.93. The molecule has 0 fully saturated rings. The van der Waals surface area contributed by atoms with E-state index in [2.05, 4.69) is 0 Å². The molecule has 0 saturated carbocycles. The summed E-state index contributed by atoms with van der Waals surface area (Å²) >= 11 is 0. The highest BCUT2D eigenvalue weighted by Crippen LogP contribution is 1.75. The van der Waals surface area contributed by atoms with Gasteiger partial charge < -0.3 is 10.8 Å².